The number of amides is 1. The second kappa shape index (κ2) is 6.65. The summed E-state index contributed by atoms with van der Waals surface area (Å²) in [5.74, 6) is 0.146. The lowest BCUT2D eigenvalue weighted by Crippen LogP contribution is -2.31. The normalized spacial score (nSPS) is 10.9. The summed E-state index contributed by atoms with van der Waals surface area (Å²) in [6.45, 7) is 3.38. The van der Waals surface area contributed by atoms with Crippen LogP contribution < -0.4 is 0 Å². The predicted octanol–water partition coefficient (Wildman–Crippen LogP) is 3.16. The fourth-order valence-corrected chi connectivity index (χ4v) is 2.89. The Morgan fingerprint density at radius 3 is 2.70 bits per heavy atom. The molecule has 0 saturated heterocycles. The first-order valence-electron chi connectivity index (χ1n) is 7.89. The minimum absolute atomic E-state index is 0.146. The molecule has 2 heterocycles. The second-order valence-electron chi connectivity index (χ2n) is 5.71. The molecule has 4 heteroatoms. The van der Waals surface area contributed by atoms with Crippen molar-refractivity contribution in [3.05, 3.63) is 66.0 Å². The summed E-state index contributed by atoms with van der Waals surface area (Å²) in [4.78, 5) is 19.0. The SMILES string of the molecule is CCN(Cc1ccccc1)C(=O)Cc1cn(C)c2ncccc12. The first-order chi connectivity index (χ1) is 11.2. The number of fused-ring (bicyclic) bond motifs is 1. The Labute approximate surface area is 136 Å². The number of benzene rings is 1. The Kier molecular flexibility index (Phi) is 4.42. The highest BCUT2D eigenvalue weighted by atomic mass is 16.2. The van der Waals surface area contributed by atoms with E-state index < -0.39 is 0 Å². The number of likely N-dealkylation sites (N-methyl/N-ethyl adjacent to an activating group) is 1. The summed E-state index contributed by atoms with van der Waals surface area (Å²) >= 11 is 0. The van der Waals surface area contributed by atoms with Crippen LogP contribution in [0.1, 0.15) is 18.1 Å². The van der Waals surface area contributed by atoms with Crippen LogP contribution in [0.5, 0.6) is 0 Å². The van der Waals surface area contributed by atoms with Gasteiger partial charge in [0.1, 0.15) is 5.65 Å². The van der Waals surface area contributed by atoms with Crippen LogP contribution in [0.3, 0.4) is 0 Å². The van der Waals surface area contributed by atoms with Crippen molar-refractivity contribution < 1.29 is 4.79 Å². The zero-order valence-electron chi connectivity index (χ0n) is 13.6. The maximum atomic E-state index is 12.7. The molecule has 1 aromatic carbocycles. The molecule has 4 nitrogen and oxygen atoms in total. The van der Waals surface area contributed by atoms with Crippen LogP contribution in [0.2, 0.25) is 0 Å². The van der Waals surface area contributed by atoms with Gasteiger partial charge in [0.25, 0.3) is 0 Å². The molecule has 3 rings (SSSR count). The van der Waals surface area contributed by atoms with Gasteiger partial charge in [-0.1, -0.05) is 30.3 Å². The fourth-order valence-electron chi connectivity index (χ4n) is 2.89. The van der Waals surface area contributed by atoms with Gasteiger partial charge in [0.05, 0.1) is 6.42 Å². The largest absolute Gasteiger partial charge is 0.338 e. The van der Waals surface area contributed by atoms with E-state index >= 15 is 0 Å². The maximum absolute atomic E-state index is 12.7. The standard InChI is InChI=1S/C19H21N3O/c1-3-22(13-15-8-5-4-6-9-15)18(23)12-16-14-21(2)19-17(16)10-7-11-20-19/h4-11,14H,3,12-13H2,1-2H3. The topological polar surface area (TPSA) is 38.1 Å². The third-order valence-corrected chi connectivity index (χ3v) is 4.11. The molecule has 0 saturated carbocycles. The molecule has 0 unspecified atom stereocenters. The highest BCUT2D eigenvalue weighted by Crippen LogP contribution is 2.19. The summed E-state index contributed by atoms with van der Waals surface area (Å²) in [7, 11) is 1.96. The maximum Gasteiger partial charge on any atom is 0.227 e. The molecule has 0 radical (unpaired) electrons. The highest BCUT2D eigenvalue weighted by molar-refractivity contribution is 5.87. The van der Waals surface area contributed by atoms with Crippen molar-refractivity contribution in [3.8, 4) is 0 Å². The van der Waals surface area contributed by atoms with Gasteiger partial charge >= 0.3 is 0 Å². The number of aromatic nitrogens is 2. The average molecular weight is 307 g/mol. The molecule has 0 fully saturated rings. The molecule has 0 N–H and O–H groups in total. The van der Waals surface area contributed by atoms with Gasteiger partial charge in [-0.2, -0.15) is 0 Å². The van der Waals surface area contributed by atoms with Crippen LogP contribution in [-0.2, 0) is 24.8 Å². The highest BCUT2D eigenvalue weighted by Gasteiger charge is 2.16. The Morgan fingerprint density at radius 2 is 1.96 bits per heavy atom. The smallest absolute Gasteiger partial charge is 0.227 e. The Hall–Kier alpha value is -2.62. The summed E-state index contributed by atoms with van der Waals surface area (Å²) < 4.78 is 1.98. The molecule has 0 aliphatic rings. The average Bonchev–Trinajstić information content (AvgIpc) is 2.90. The predicted molar refractivity (Wildman–Crippen MR) is 92.0 cm³/mol. The summed E-state index contributed by atoms with van der Waals surface area (Å²) in [6, 6.07) is 14.0. The van der Waals surface area contributed by atoms with E-state index in [1.165, 1.54) is 0 Å². The number of aryl methyl sites for hydroxylation is 1. The summed E-state index contributed by atoms with van der Waals surface area (Å²) in [5, 5.41) is 1.05. The lowest BCUT2D eigenvalue weighted by molar-refractivity contribution is -0.130. The van der Waals surface area contributed by atoms with E-state index in [2.05, 4.69) is 17.1 Å². The van der Waals surface area contributed by atoms with Crippen LogP contribution in [0, 0.1) is 0 Å². The first-order valence-corrected chi connectivity index (χ1v) is 7.89. The van der Waals surface area contributed by atoms with Crippen LogP contribution in [-0.4, -0.2) is 26.9 Å². The molecule has 118 valence electrons. The quantitative estimate of drug-likeness (QED) is 0.726. The van der Waals surface area contributed by atoms with Gasteiger partial charge in [-0.25, -0.2) is 4.98 Å². The molecule has 3 aromatic rings. The van der Waals surface area contributed by atoms with Crippen molar-refractivity contribution >= 4 is 16.9 Å². The molecule has 0 bridgehead atoms. The fraction of sp³-hybridized carbons (Fsp3) is 0.263. The van der Waals surface area contributed by atoms with E-state index in [0.717, 1.165) is 22.2 Å². The number of hydrogen-bond donors (Lipinski definition) is 0. The zero-order chi connectivity index (χ0) is 16.2. The Morgan fingerprint density at radius 1 is 1.17 bits per heavy atom. The molecule has 0 atom stereocenters. The minimum atomic E-state index is 0.146. The van der Waals surface area contributed by atoms with E-state index in [1.807, 2.05) is 60.0 Å². The van der Waals surface area contributed by atoms with Gasteiger partial charge in [-0.05, 0) is 30.2 Å². The lowest BCUT2D eigenvalue weighted by atomic mass is 10.1. The van der Waals surface area contributed by atoms with Crippen molar-refractivity contribution in [2.45, 2.75) is 19.9 Å². The van der Waals surface area contributed by atoms with Crippen LogP contribution >= 0.6 is 0 Å². The van der Waals surface area contributed by atoms with Crippen LogP contribution in [0.15, 0.2) is 54.9 Å². The van der Waals surface area contributed by atoms with Crippen molar-refractivity contribution in [2.75, 3.05) is 6.54 Å². The van der Waals surface area contributed by atoms with Gasteiger partial charge in [0, 0.05) is 37.9 Å². The monoisotopic (exact) mass is 307 g/mol. The van der Waals surface area contributed by atoms with Crippen LogP contribution in [0.4, 0.5) is 0 Å². The van der Waals surface area contributed by atoms with Gasteiger partial charge < -0.3 is 9.47 Å². The molecule has 0 aliphatic heterocycles. The molecule has 0 aliphatic carbocycles. The molecule has 2 aromatic heterocycles. The number of nitrogens with zero attached hydrogens (tertiary/aromatic N) is 3. The Bertz CT molecular complexity index is 808. The molecule has 0 spiro atoms. The van der Waals surface area contributed by atoms with Gasteiger partial charge in [0.15, 0.2) is 0 Å². The molecule has 1 amide bonds. The van der Waals surface area contributed by atoms with Crippen molar-refractivity contribution in [3.63, 3.8) is 0 Å². The number of hydrogen-bond acceptors (Lipinski definition) is 2. The van der Waals surface area contributed by atoms with E-state index in [-0.39, 0.29) is 5.91 Å². The van der Waals surface area contributed by atoms with E-state index in [9.17, 15) is 4.79 Å². The molecular formula is C19H21N3O. The van der Waals surface area contributed by atoms with Gasteiger partial charge in [-0.15, -0.1) is 0 Å². The Balaban J connectivity index is 1.79. The minimum Gasteiger partial charge on any atom is -0.338 e. The third-order valence-electron chi connectivity index (χ3n) is 4.11. The summed E-state index contributed by atoms with van der Waals surface area (Å²) in [6.07, 6.45) is 4.19. The van der Waals surface area contributed by atoms with E-state index in [4.69, 9.17) is 0 Å². The summed E-state index contributed by atoms with van der Waals surface area (Å²) in [5.41, 5.74) is 3.11. The van der Waals surface area contributed by atoms with E-state index in [1.54, 1.807) is 6.20 Å². The van der Waals surface area contributed by atoms with E-state index in [0.29, 0.717) is 19.5 Å². The number of rotatable bonds is 5. The van der Waals surface area contributed by atoms with Gasteiger partial charge in [-0.3, -0.25) is 4.79 Å². The third kappa shape index (κ3) is 3.26. The van der Waals surface area contributed by atoms with Gasteiger partial charge in [0.2, 0.25) is 5.91 Å². The van der Waals surface area contributed by atoms with Crippen molar-refractivity contribution in [1.29, 1.82) is 0 Å². The molecular weight excluding hydrogens is 286 g/mol. The lowest BCUT2D eigenvalue weighted by Gasteiger charge is -2.21. The number of carbonyl (C=O) groups is 1. The number of pyridine rings is 1. The molecule has 23 heavy (non-hydrogen) atoms. The van der Waals surface area contributed by atoms with Crippen molar-refractivity contribution in [1.82, 2.24) is 14.5 Å². The van der Waals surface area contributed by atoms with Crippen molar-refractivity contribution in [2.24, 2.45) is 7.05 Å². The first kappa shape index (κ1) is 15.3. The zero-order valence-corrected chi connectivity index (χ0v) is 13.6. The second-order valence-corrected chi connectivity index (χ2v) is 5.71. The van der Waals surface area contributed by atoms with Crippen LogP contribution in [0.25, 0.3) is 11.0 Å². The number of carbonyl (C=O) groups excluding carboxylic acids is 1.